The number of aromatic nitrogens is 2. The molecule has 3 N–H and O–H groups in total. The standard InChI is InChI=1S/C27H33N5O4S/c33-17-18-37(35,36)30-21-7-3-5-19(25(21)31-15-12-27(10-11-27)13-16-31)26(34)28-20-6-4-8-22-24(20)29-23-9-1-2-14-32(22)23/h3-8,30,33H,1-2,9-18H2,(H,28,34). The molecule has 2 fully saturated rings. The van der Waals surface area contributed by atoms with Crippen LogP contribution < -0.4 is 14.9 Å². The largest absolute Gasteiger partial charge is 0.395 e. The van der Waals surface area contributed by atoms with Gasteiger partial charge < -0.3 is 19.9 Å². The maximum Gasteiger partial charge on any atom is 0.257 e. The summed E-state index contributed by atoms with van der Waals surface area (Å²) < 4.78 is 30.0. The number of aliphatic hydroxyl groups excluding tert-OH is 1. The number of nitrogens with zero attached hydrogens (tertiary/aromatic N) is 3. The van der Waals surface area contributed by atoms with Crippen LogP contribution in [0.25, 0.3) is 11.0 Å². The summed E-state index contributed by atoms with van der Waals surface area (Å²) in [5.74, 6) is 0.341. The number of anilines is 3. The fourth-order valence-electron chi connectivity index (χ4n) is 5.85. The minimum atomic E-state index is -3.76. The van der Waals surface area contributed by atoms with E-state index in [0.29, 0.717) is 28.0 Å². The highest BCUT2D eigenvalue weighted by atomic mass is 32.2. The van der Waals surface area contributed by atoms with Crippen molar-refractivity contribution in [3.63, 3.8) is 0 Å². The summed E-state index contributed by atoms with van der Waals surface area (Å²) in [6.07, 6.45) is 7.73. The van der Waals surface area contributed by atoms with Crippen LogP contribution in [0, 0.1) is 5.41 Å². The molecule has 1 aliphatic carbocycles. The molecule has 1 aromatic heterocycles. The highest BCUT2D eigenvalue weighted by Gasteiger charge is 2.45. The molecule has 0 unspecified atom stereocenters. The van der Waals surface area contributed by atoms with Gasteiger partial charge in [0.05, 0.1) is 40.5 Å². The number of para-hydroxylation sites is 2. The number of carbonyl (C=O) groups is 1. The molecule has 2 aliphatic heterocycles. The molecule has 10 heteroatoms. The number of aliphatic hydroxyl groups is 1. The summed E-state index contributed by atoms with van der Waals surface area (Å²) in [5, 5.41) is 12.3. The Morgan fingerprint density at radius 3 is 2.51 bits per heavy atom. The third-order valence-corrected chi connectivity index (χ3v) is 9.39. The fraction of sp³-hybridized carbons (Fsp3) is 0.481. The van der Waals surface area contributed by atoms with Crippen molar-refractivity contribution in [3.8, 4) is 0 Å². The van der Waals surface area contributed by atoms with E-state index in [-0.39, 0.29) is 5.91 Å². The first-order chi connectivity index (χ1) is 17.9. The fourth-order valence-corrected chi connectivity index (χ4v) is 6.69. The van der Waals surface area contributed by atoms with Gasteiger partial charge in [-0.2, -0.15) is 0 Å². The van der Waals surface area contributed by atoms with Gasteiger partial charge >= 0.3 is 0 Å². The predicted molar refractivity (Wildman–Crippen MR) is 145 cm³/mol. The van der Waals surface area contributed by atoms with Crippen LogP contribution in [0.1, 0.15) is 54.7 Å². The Morgan fingerprint density at radius 2 is 1.76 bits per heavy atom. The van der Waals surface area contributed by atoms with Gasteiger partial charge in [-0.15, -0.1) is 0 Å². The zero-order chi connectivity index (χ0) is 25.6. The Kier molecular flexibility index (Phi) is 6.11. The Hall–Kier alpha value is -3.11. The summed E-state index contributed by atoms with van der Waals surface area (Å²) in [6, 6.07) is 11.0. The molecule has 196 valence electrons. The number of rotatable bonds is 7. The summed E-state index contributed by atoms with van der Waals surface area (Å²) in [7, 11) is -3.76. The lowest BCUT2D eigenvalue weighted by Crippen LogP contribution is -2.36. The number of imidazole rings is 1. The molecule has 0 bridgehead atoms. The van der Waals surface area contributed by atoms with Crippen molar-refractivity contribution in [2.45, 2.75) is 51.5 Å². The van der Waals surface area contributed by atoms with E-state index in [9.17, 15) is 18.3 Å². The lowest BCUT2D eigenvalue weighted by Gasteiger charge is -2.36. The van der Waals surface area contributed by atoms with Gasteiger partial charge in [0.2, 0.25) is 10.0 Å². The van der Waals surface area contributed by atoms with Crippen LogP contribution in [0.2, 0.25) is 0 Å². The topological polar surface area (TPSA) is 117 Å². The van der Waals surface area contributed by atoms with Crippen molar-refractivity contribution < 1.29 is 18.3 Å². The molecule has 1 saturated carbocycles. The zero-order valence-corrected chi connectivity index (χ0v) is 21.7. The number of carbonyl (C=O) groups excluding carboxylic acids is 1. The van der Waals surface area contributed by atoms with Crippen molar-refractivity contribution in [2.75, 3.05) is 40.4 Å². The Balaban J connectivity index is 1.36. The molecule has 9 nitrogen and oxygen atoms in total. The number of hydrogen-bond acceptors (Lipinski definition) is 6. The molecule has 3 heterocycles. The van der Waals surface area contributed by atoms with E-state index in [1.54, 1.807) is 18.2 Å². The Labute approximate surface area is 216 Å². The van der Waals surface area contributed by atoms with Crippen LogP contribution in [-0.4, -0.2) is 54.4 Å². The molecule has 3 aromatic rings. The quantitative estimate of drug-likeness (QED) is 0.434. The molecule has 3 aliphatic rings. The molecule has 6 rings (SSSR count). The molecule has 37 heavy (non-hydrogen) atoms. The minimum absolute atomic E-state index is 0.302. The maximum atomic E-state index is 13.8. The van der Waals surface area contributed by atoms with Crippen molar-refractivity contribution in [1.82, 2.24) is 9.55 Å². The van der Waals surface area contributed by atoms with E-state index in [1.807, 2.05) is 18.2 Å². The molecule has 1 amide bonds. The third kappa shape index (κ3) is 4.68. The van der Waals surface area contributed by atoms with Crippen molar-refractivity contribution in [1.29, 1.82) is 0 Å². The molecular formula is C27H33N5O4S. The van der Waals surface area contributed by atoms with Crippen molar-refractivity contribution >= 4 is 44.0 Å². The third-order valence-electron chi connectivity index (χ3n) is 8.14. The van der Waals surface area contributed by atoms with Gasteiger partial charge in [-0.05, 0) is 68.2 Å². The lowest BCUT2D eigenvalue weighted by atomic mass is 9.92. The molecule has 0 atom stereocenters. The molecule has 2 aromatic carbocycles. The second-order valence-electron chi connectivity index (χ2n) is 10.6. The summed E-state index contributed by atoms with van der Waals surface area (Å²) >= 11 is 0. The van der Waals surface area contributed by atoms with E-state index in [0.717, 1.165) is 68.6 Å². The van der Waals surface area contributed by atoms with Crippen LogP contribution in [0.5, 0.6) is 0 Å². The number of sulfonamides is 1. The van der Waals surface area contributed by atoms with Gasteiger partial charge in [-0.25, -0.2) is 13.4 Å². The second kappa shape index (κ2) is 9.33. The van der Waals surface area contributed by atoms with E-state index >= 15 is 0 Å². The zero-order valence-electron chi connectivity index (χ0n) is 20.9. The van der Waals surface area contributed by atoms with Crippen LogP contribution in [0.4, 0.5) is 17.1 Å². The van der Waals surface area contributed by atoms with Crippen LogP contribution in [0.15, 0.2) is 36.4 Å². The highest BCUT2D eigenvalue weighted by Crippen LogP contribution is 2.54. The number of amides is 1. The first-order valence-electron chi connectivity index (χ1n) is 13.2. The first-order valence-corrected chi connectivity index (χ1v) is 14.8. The van der Waals surface area contributed by atoms with Gasteiger partial charge in [0.25, 0.3) is 5.91 Å². The number of hydrogen-bond donors (Lipinski definition) is 3. The van der Waals surface area contributed by atoms with E-state index < -0.39 is 22.4 Å². The monoisotopic (exact) mass is 523 g/mol. The number of nitrogens with one attached hydrogen (secondary N) is 2. The molecular weight excluding hydrogens is 490 g/mol. The number of piperidine rings is 1. The average Bonchev–Trinajstić information content (AvgIpc) is 3.52. The SMILES string of the molecule is O=C(Nc1cccc2c1nc1n2CCCC1)c1cccc(NS(=O)(=O)CCO)c1N1CCC2(CC1)CC2. The number of benzene rings is 2. The molecule has 0 radical (unpaired) electrons. The predicted octanol–water partition coefficient (Wildman–Crippen LogP) is 3.74. The maximum absolute atomic E-state index is 13.8. The summed E-state index contributed by atoms with van der Waals surface area (Å²) in [4.78, 5) is 20.7. The van der Waals surface area contributed by atoms with Crippen LogP contribution in [0.3, 0.4) is 0 Å². The van der Waals surface area contributed by atoms with Gasteiger partial charge in [0.15, 0.2) is 0 Å². The van der Waals surface area contributed by atoms with Crippen molar-refractivity contribution in [2.24, 2.45) is 5.41 Å². The van der Waals surface area contributed by atoms with E-state index in [4.69, 9.17) is 4.98 Å². The van der Waals surface area contributed by atoms with E-state index in [2.05, 4.69) is 19.5 Å². The molecule has 1 spiro atoms. The first kappa shape index (κ1) is 24.2. The van der Waals surface area contributed by atoms with Gasteiger partial charge in [-0.1, -0.05) is 12.1 Å². The summed E-state index contributed by atoms with van der Waals surface area (Å²) in [6.45, 7) is 1.99. The van der Waals surface area contributed by atoms with Crippen LogP contribution in [-0.2, 0) is 23.0 Å². The smallest absolute Gasteiger partial charge is 0.257 e. The number of fused-ring (bicyclic) bond motifs is 3. The lowest BCUT2D eigenvalue weighted by molar-refractivity contribution is 0.102. The van der Waals surface area contributed by atoms with Gasteiger partial charge in [0.1, 0.15) is 11.3 Å². The normalized spacial score (nSPS) is 18.6. The Morgan fingerprint density at radius 1 is 1.00 bits per heavy atom. The van der Waals surface area contributed by atoms with Gasteiger partial charge in [-0.3, -0.25) is 9.52 Å². The minimum Gasteiger partial charge on any atom is -0.395 e. The number of aryl methyl sites for hydroxylation is 2. The highest BCUT2D eigenvalue weighted by molar-refractivity contribution is 7.92. The second-order valence-corrected chi connectivity index (χ2v) is 12.4. The van der Waals surface area contributed by atoms with Crippen LogP contribution >= 0.6 is 0 Å². The average molecular weight is 524 g/mol. The van der Waals surface area contributed by atoms with Gasteiger partial charge in [0, 0.05) is 26.1 Å². The molecule has 1 saturated heterocycles. The Bertz CT molecular complexity index is 1450. The van der Waals surface area contributed by atoms with E-state index in [1.165, 1.54) is 12.8 Å². The summed E-state index contributed by atoms with van der Waals surface area (Å²) in [5.41, 5.74) is 4.25. The van der Waals surface area contributed by atoms with Crippen molar-refractivity contribution in [3.05, 3.63) is 47.8 Å².